The summed E-state index contributed by atoms with van der Waals surface area (Å²) < 4.78 is 11.1. The van der Waals surface area contributed by atoms with Crippen LogP contribution in [-0.2, 0) is 13.0 Å². The van der Waals surface area contributed by atoms with Gasteiger partial charge in [0.15, 0.2) is 11.5 Å². The molecule has 3 aromatic carbocycles. The van der Waals surface area contributed by atoms with E-state index in [0.717, 1.165) is 52.2 Å². The van der Waals surface area contributed by atoms with Gasteiger partial charge in [-0.25, -0.2) is 0 Å². The number of benzene rings is 3. The first-order valence-corrected chi connectivity index (χ1v) is 10.3. The molecular formula is C24H23Cl2NO2. The smallest absolute Gasteiger partial charge is 0.161 e. The van der Waals surface area contributed by atoms with Crippen molar-refractivity contribution in [1.82, 2.24) is 4.90 Å². The molecule has 0 aromatic heterocycles. The second-order valence-corrected chi connectivity index (χ2v) is 8.02. The summed E-state index contributed by atoms with van der Waals surface area (Å²) in [7, 11) is 3.34. The summed E-state index contributed by atoms with van der Waals surface area (Å²) in [6, 6.07) is 20.3. The Kier molecular flexibility index (Phi) is 6.00. The SMILES string of the molecule is COc1cc2c(cc1OC)[C@@H](c1cccc(Cl)c1)N(Cc1ccccc1Cl)CC2. The van der Waals surface area contributed by atoms with E-state index in [1.807, 2.05) is 36.4 Å². The molecule has 0 spiro atoms. The lowest BCUT2D eigenvalue weighted by molar-refractivity contribution is 0.203. The van der Waals surface area contributed by atoms with Crippen molar-refractivity contribution < 1.29 is 9.47 Å². The van der Waals surface area contributed by atoms with Gasteiger partial charge in [-0.05, 0) is 59.0 Å². The highest BCUT2D eigenvalue weighted by atomic mass is 35.5. The van der Waals surface area contributed by atoms with Gasteiger partial charge in [-0.3, -0.25) is 4.90 Å². The zero-order chi connectivity index (χ0) is 20.4. The second-order valence-electron chi connectivity index (χ2n) is 7.18. The predicted molar refractivity (Wildman–Crippen MR) is 118 cm³/mol. The molecule has 0 N–H and O–H groups in total. The molecule has 0 unspecified atom stereocenters. The van der Waals surface area contributed by atoms with E-state index in [4.69, 9.17) is 32.7 Å². The molecule has 1 heterocycles. The third kappa shape index (κ3) is 4.09. The molecule has 0 radical (unpaired) electrons. The molecule has 0 amide bonds. The average Bonchev–Trinajstić information content (AvgIpc) is 2.74. The topological polar surface area (TPSA) is 21.7 Å². The number of methoxy groups -OCH3 is 2. The van der Waals surface area contributed by atoms with Gasteiger partial charge in [0.1, 0.15) is 0 Å². The van der Waals surface area contributed by atoms with Gasteiger partial charge >= 0.3 is 0 Å². The van der Waals surface area contributed by atoms with E-state index in [1.165, 1.54) is 11.1 Å². The van der Waals surface area contributed by atoms with E-state index in [9.17, 15) is 0 Å². The quantitative estimate of drug-likeness (QED) is 0.486. The van der Waals surface area contributed by atoms with Crippen molar-refractivity contribution in [2.75, 3.05) is 20.8 Å². The Bertz CT molecular complexity index is 1020. The van der Waals surface area contributed by atoms with E-state index < -0.39 is 0 Å². The Morgan fingerprint density at radius 1 is 0.931 bits per heavy atom. The number of hydrogen-bond donors (Lipinski definition) is 0. The maximum absolute atomic E-state index is 6.47. The zero-order valence-electron chi connectivity index (χ0n) is 16.5. The predicted octanol–water partition coefficient (Wildman–Crippen LogP) is 6.16. The van der Waals surface area contributed by atoms with Crippen molar-refractivity contribution in [3.8, 4) is 11.5 Å². The summed E-state index contributed by atoms with van der Waals surface area (Å²) in [6.07, 6.45) is 0.928. The summed E-state index contributed by atoms with van der Waals surface area (Å²) >= 11 is 12.8. The van der Waals surface area contributed by atoms with Crippen molar-refractivity contribution in [3.05, 3.63) is 93.0 Å². The summed E-state index contributed by atoms with van der Waals surface area (Å²) in [4.78, 5) is 2.45. The van der Waals surface area contributed by atoms with Gasteiger partial charge in [-0.15, -0.1) is 0 Å². The van der Waals surface area contributed by atoms with Crippen LogP contribution in [0, 0.1) is 0 Å². The second kappa shape index (κ2) is 8.66. The maximum atomic E-state index is 6.47. The summed E-state index contributed by atoms with van der Waals surface area (Å²) in [5.74, 6) is 1.49. The lowest BCUT2D eigenvalue weighted by Crippen LogP contribution is -2.35. The van der Waals surface area contributed by atoms with Gasteiger partial charge in [-0.2, -0.15) is 0 Å². The highest BCUT2D eigenvalue weighted by Crippen LogP contribution is 2.42. The highest BCUT2D eigenvalue weighted by molar-refractivity contribution is 6.31. The van der Waals surface area contributed by atoms with Crippen molar-refractivity contribution in [1.29, 1.82) is 0 Å². The van der Waals surface area contributed by atoms with E-state index >= 15 is 0 Å². The van der Waals surface area contributed by atoms with Gasteiger partial charge in [0.2, 0.25) is 0 Å². The van der Waals surface area contributed by atoms with Crippen molar-refractivity contribution >= 4 is 23.2 Å². The monoisotopic (exact) mass is 427 g/mol. The number of ether oxygens (including phenoxy) is 2. The zero-order valence-corrected chi connectivity index (χ0v) is 18.0. The standard InChI is InChI=1S/C24H23Cl2NO2/c1-28-22-13-16-10-11-27(15-18-6-3-4-9-21(18)26)24(20(16)14-23(22)29-2)17-7-5-8-19(25)12-17/h3-9,12-14,24H,10-11,15H2,1-2H3/t24-/m1/s1. The van der Waals surface area contributed by atoms with Crippen molar-refractivity contribution in [2.45, 2.75) is 19.0 Å². The maximum Gasteiger partial charge on any atom is 0.161 e. The van der Waals surface area contributed by atoms with Crippen LogP contribution >= 0.6 is 23.2 Å². The first kappa shape index (κ1) is 20.1. The fourth-order valence-electron chi connectivity index (χ4n) is 4.08. The van der Waals surface area contributed by atoms with Crippen LogP contribution in [-0.4, -0.2) is 25.7 Å². The molecule has 29 heavy (non-hydrogen) atoms. The van der Waals surface area contributed by atoms with Crippen LogP contribution in [0.5, 0.6) is 11.5 Å². The molecule has 0 saturated heterocycles. The van der Waals surface area contributed by atoms with Crippen molar-refractivity contribution in [2.24, 2.45) is 0 Å². The van der Waals surface area contributed by atoms with Gasteiger partial charge < -0.3 is 9.47 Å². The molecule has 1 aliphatic rings. The molecule has 4 rings (SSSR count). The molecule has 1 atom stereocenters. The molecule has 3 aromatic rings. The molecule has 3 nitrogen and oxygen atoms in total. The molecule has 0 aliphatic carbocycles. The van der Waals surface area contributed by atoms with E-state index in [1.54, 1.807) is 14.2 Å². The van der Waals surface area contributed by atoms with Gasteiger partial charge in [0.25, 0.3) is 0 Å². The molecule has 0 fully saturated rings. The Hall–Kier alpha value is -2.20. The summed E-state index contributed by atoms with van der Waals surface area (Å²) in [5, 5.41) is 1.52. The fourth-order valence-corrected chi connectivity index (χ4v) is 4.47. The number of rotatable bonds is 5. The minimum Gasteiger partial charge on any atom is -0.493 e. The van der Waals surface area contributed by atoms with Crippen LogP contribution < -0.4 is 9.47 Å². The molecular weight excluding hydrogens is 405 g/mol. The molecule has 0 saturated carbocycles. The first-order chi connectivity index (χ1) is 14.1. The lowest BCUT2D eigenvalue weighted by Gasteiger charge is -2.38. The van der Waals surface area contributed by atoms with Crippen LogP contribution in [0.1, 0.15) is 28.3 Å². The van der Waals surface area contributed by atoms with E-state index in [0.29, 0.717) is 0 Å². The third-order valence-electron chi connectivity index (χ3n) is 5.47. The number of halogens is 2. The lowest BCUT2D eigenvalue weighted by atomic mass is 9.87. The van der Waals surface area contributed by atoms with Crippen LogP contribution in [0.25, 0.3) is 0 Å². The number of nitrogens with zero attached hydrogens (tertiary/aromatic N) is 1. The minimum absolute atomic E-state index is 0.0496. The Morgan fingerprint density at radius 3 is 2.41 bits per heavy atom. The molecule has 5 heteroatoms. The summed E-state index contributed by atoms with van der Waals surface area (Å²) in [5.41, 5.74) is 4.74. The molecule has 1 aliphatic heterocycles. The average molecular weight is 428 g/mol. The Balaban J connectivity index is 1.82. The summed E-state index contributed by atoms with van der Waals surface area (Å²) in [6.45, 7) is 1.66. The van der Waals surface area contributed by atoms with Gasteiger partial charge in [0, 0.05) is 23.1 Å². The Morgan fingerprint density at radius 2 is 1.69 bits per heavy atom. The molecule has 0 bridgehead atoms. The third-order valence-corrected chi connectivity index (χ3v) is 6.07. The number of hydrogen-bond acceptors (Lipinski definition) is 3. The van der Waals surface area contributed by atoms with E-state index in [-0.39, 0.29) is 6.04 Å². The van der Waals surface area contributed by atoms with Crippen LogP contribution in [0.2, 0.25) is 10.0 Å². The van der Waals surface area contributed by atoms with Gasteiger partial charge in [-0.1, -0.05) is 53.5 Å². The van der Waals surface area contributed by atoms with Gasteiger partial charge in [0.05, 0.1) is 20.3 Å². The van der Waals surface area contributed by atoms with Crippen LogP contribution in [0.3, 0.4) is 0 Å². The Labute approximate surface area is 181 Å². The fraction of sp³-hybridized carbons (Fsp3) is 0.250. The normalized spacial score (nSPS) is 16.3. The number of fused-ring (bicyclic) bond motifs is 1. The largest absolute Gasteiger partial charge is 0.493 e. The van der Waals surface area contributed by atoms with Crippen LogP contribution in [0.15, 0.2) is 60.7 Å². The minimum atomic E-state index is 0.0496. The molecule has 150 valence electrons. The van der Waals surface area contributed by atoms with E-state index in [2.05, 4.69) is 29.2 Å². The van der Waals surface area contributed by atoms with Crippen LogP contribution in [0.4, 0.5) is 0 Å². The van der Waals surface area contributed by atoms with Crippen molar-refractivity contribution in [3.63, 3.8) is 0 Å². The highest BCUT2D eigenvalue weighted by Gasteiger charge is 2.31. The first-order valence-electron chi connectivity index (χ1n) is 9.58.